The van der Waals surface area contributed by atoms with Gasteiger partial charge in [0.05, 0.1) is 44.7 Å². The van der Waals surface area contributed by atoms with E-state index in [1.165, 1.54) is 23.5 Å². The first-order chi connectivity index (χ1) is 22.2. The Balaban J connectivity index is 1.33. The Hall–Kier alpha value is -4.47. The van der Waals surface area contributed by atoms with Crippen molar-refractivity contribution in [1.82, 2.24) is 19.1 Å². The summed E-state index contributed by atoms with van der Waals surface area (Å²) in [6, 6.07) is 30.2. The summed E-state index contributed by atoms with van der Waals surface area (Å²) in [6.07, 6.45) is 0. The van der Waals surface area contributed by atoms with Gasteiger partial charge in [-0.25, -0.2) is 9.97 Å². The summed E-state index contributed by atoms with van der Waals surface area (Å²) in [5.74, 6) is 0.494. The fourth-order valence-corrected chi connectivity index (χ4v) is 7.39. The number of aromatic nitrogens is 4. The molecule has 0 saturated heterocycles. The van der Waals surface area contributed by atoms with Crippen LogP contribution in [0.15, 0.2) is 117 Å². The van der Waals surface area contributed by atoms with E-state index in [2.05, 4.69) is 27.7 Å². The molecule has 9 heteroatoms. The average Bonchev–Trinajstić information content (AvgIpc) is 3.06. The molecule has 0 bridgehead atoms. The maximum absolute atomic E-state index is 13.8. The number of hydrogen-bond acceptors (Lipinski definition) is 7. The highest BCUT2D eigenvalue weighted by molar-refractivity contribution is 8.01. The van der Waals surface area contributed by atoms with Gasteiger partial charge in [-0.15, -0.1) is 0 Å². The van der Waals surface area contributed by atoms with Crippen molar-refractivity contribution >= 4 is 51.1 Å². The van der Waals surface area contributed by atoms with Crippen molar-refractivity contribution in [3.63, 3.8) is 0 Å². The molecule has 0 radical (unpaired) electrons. The van der Waals surface area contributed by atoms with Crippen molar-refractivity contribution in [2.24, 2.45) is 0 Å². The van der Waals surface area contributed by atoms with E-state index in [4.69, 9.17) is 9.97 Å². The molecule has 6 aromatic rings. The molecule has 6 rings (SSSR count). The van der Waals surface area contributed by atoms with Gasteiger partial charge in [0.2, 0.25) is 0 Å². The number of fused-ring (bicyclic) bond motifs is 2. The Labute approximate surface area is 275 Å². The first-order valence-electron chi connectivity index (χ1n) is 15.2. The van der Waals surface area contributed by atoms with Crippen molar-refractivity contribution in [2.45, 2.75) is 49.8 Å². The zero-order chi connectivity index (χ0) is 32.4. The van der Waals surface area contributed by atoms with E-state index in [-0.39, 0.29) is 40.2 Å². The highest BCUT2D eigenvalue weighted by Crippen LogP contribution is 2.29. The number of hydrogen-bond donors (Lipinski definition) is 0. The van der Waals surface area contributed by atoms with Gasteiger partial charge in [0.25, 0.3) is 11.1 Å². The summed E-state index contributed by atoms with van der Waals surface area (Å²) in [4.78, 5) is 50.8. The van der Waals surface area contributed by atoms with Crippen LogP contribution in [0.3, 0.4) is 0 Å². The Morgan fingerprint density at radius 1 is 0.587 bits per heavy atom. The third-order valence-electron chi connectivity index (χ3n) is 7.81. The number of para-hydroxylation sites is 4. The second kappa shape index (κ2) is 13.5. The zero-order valence-corrected chi connectivity index (χ0v) is 27.8. The number of thioether (sulfide) groups is 2. The Morgan fingerprint density at radius 2 is 0.957 bits per heavy atom. The quantitative estimate of drug-likeness (QED) is 0.111. The number of nitrogens with zero attached hydrogens (tertiary/aromatic N) is 4. The highest BCUT2D eigenvalue weighted by Gasteiger charge is 2.20. The first-order valence-corrected chi connectivity index (χ1v) is 17.2. The molecule has 232 valence electrons. The van der Waals surface area contributed by atoms with Crippen molar-refractivity contribution < 1.29 is 4.79 Å². The molecule has 0 spiro atoms. The van der Waals surface area contributed by atoms with Crippen LogP contribution in [0, 0.1) is 0 Å². The minimum absolute atomic E-state index is 0.0628. The minimum Gasteiger partial charge on any atom is -0.298 e. The van der Waals surface area contributed by atoms with Gasteiger partial charge in [0.1, 0.15) is 0 Å². The molecule has 4 aromatic carbocycles. The highest BCUT2D eigenvalue weighted by atomic mass is 32.2. The number of rotatable bonds is 10. The summed E-state index contributed by atoms with van der Waals surface area (Å²) in [6.45, 7) is 8.36. The van der Waals surface area contributed by atoms with Crippen LogP contribution in [0.5, 0.6) is 0 Å². The first kappa shape index (κ1) is 31.5. The molecule has 0 aliphatic carbocycles. The second-order valence-corrected chi connectivity index (χ2v) is 13.5. The van der Waals surface area contributed by atoms with Gasteiger partial charge in [-0.2, -0.15) is 0 Å². The maximum atomic E-state index is 13.8. The number of carbonyl (C=O) groups is 1. The lowest BCUT2D eigenvalue weighted by Crippen LogP contribution is -2.24. The summed E-state index contributed by atoms with van der Waals surface area (Å²) >= 11 is 2.49. The molecular formula is C37H34N4O3S2. The molecule has 2 aromatic heterocycles. The van der Waals surface area contributed by atoms with Gasteiger partial charge in [-0.3, -0.25) is 23.5 Å². The standard InChI is InChI=1S/C37H34N4O3S2/c1-23(2)26-13-7-11-19-32(26)40-34(43)28-15-5-9-17-30(28)38-36(40)45-21-25(42)22-46-37-39-31-18-10-6-16-29(31)35(44)41(37)33-20-12-8-14-27(33)24(3)4/h5-20,23-24H,21-22H2,1-4H3. The lowest BCUT2D eigenvalue weighted by Gasteiger charge is -2.18. The molecule has 0 N–H and O–H groups in total. The van der Waals surface area contributed by atoms with Crippen molar-refractivity contribution in [1.29, 1.82) is 0 Å². The van der Waals surface area contributed by atoms with Crippen LogP contribution in [0.25, 0.3) is 33.2 Å². The van der Waals surface area contributed by atoms with Gasteiger partial charge in [-0.05, 0) is 59.4 Å². The Kier molecular flexibility index (Phi) is 9.24. The molecule has 0 fully saturated rings. The molecule has 0 atom stereocenters. The zero-order valence-electron chi connectivity index (χ0n) is 26.1. The Morgan fingerprint density at radius 3 is 1.37 bits per heavy atom. The molecule has 0 unspecified atom stereocenters. The van der Waals surface area contributed by atoms with E-state index < -0.39 is 0 Å². The SMILES string of the molecule is CC(C)c1ccccc1-n1c(SCC(=O)CSc2nc3ccccc3c(=O)n2-c2ccccc2C(C)C)nc2ccccc2c1=O. The molecule has 0 amide bonds. The summed E-state index contributed by atoms with van der Waals surface area (Å²) in [7, 11) is 0. The van der Waals surface area contributed by atoms with Gasteiger partial charge < -0.3 is 0 Å². The molecule has 2 heterocycles. The minimum atomic E-state index is -0.170. The van der Waals surface area contributed by atoms with Crippen LogP contribution in [0.1, 0.15) is 50.7 Å². The van der Waals surface area contributed by atoms with Gasteiger partial charge in [0.15, 0.2) is 16.1 Å². The molecule has 0 aliphatic heterocycles. The predicted molar refractivity (Wildman–Crippen MR) is 189 cm³/mol. The largest absolute Gasteiger partial charge is 0.298 e. The van der Waals surface area contributed by atoms with Crippen molar-refractivity contribution in [3.8, 4) is 11.4 Å². The molecule has 0 saturated carbocycles. The van der Waals surface area contributed by atoms with E-state index >= 15 is 0 Å². The summed E-state index contributed by atoms with van der Waals surface area (Å²) in [5.41, 5.74) is 4.40. The third-order valence-corrected chi connectivity index (χ3v) is 9.81. The van der Waals surface area contributed by atoms with E-state index in [9.17, 15) is 14.4 Å². The van der Waals surface area contributed by atoms with Crippen LogP contribution >= 0.6 is 23.5 Å². The van der Waals surface area contributed by atoms with Crippen molar-refractivity contribution in [2.75, 3.05) is 11.5 Å². The fraction of sp³-hybridized carbons (Fsp3) is 0.216. The van der Waals surface area contributed by atoms with E-state index in [0.29, 0.717) is 32.1 Å². The second-order valence-electron chi connectivity index (χ2n) is 11.6. The molecule has 0 aliphatic rings. The topological polar surface area (TPSA) is 86.8 Å². The van der Waals surface area contributed by atoms with Gasteiger partial charge >= 0.3 is 0 Å². The van der Waals surface area contributed by atoms with Gasteiger partial charge in [0, 0.05) is 0 Å². The lowest BCUT2D eigenvalue weighted by atomic mass is 10.0. The van der Waals surface area contributed by atoms with E-state index in [0.717, 1.165) is 22.5 Å². The van der Waals surface area contributed by atoms with Crippen LogP contribution in [-0.2, 0) is 4.79 Å². The lowest BCUT2D eigenvalue weighted by molar-refractivity contribution is -0.114. The molecule has 7 nitrogen and oxygen atoms in total. The van der Waals surface area contributed by atoms with Gasteiger partial charge in [-0.1, -0.05) is 112 Å². The normalized spacial score (nSPS) is 11.6. The number of Topliss-reactive ketones (excluding diaryl/α,β-unsaturated/α-hetero) is 1. The Bertz CT molecular complexity index is 2050. The third kappa shape index (κ3) is 6.17. The summed E-state index contributed by atoms with van der Waals surface area (Å²) in [5, 5.41) is 1.96. The average molecular weight is 647 g/mol. The van der Waals surface area contributed by atoms with E-state index in [1.54, 1.807) is 21.3 Å². The fourth-order valence-electron chi connectivity index (χ4n) is 5.53. The predicted octanol–water partition coefficient (Wildman–Crippen LogP) is 7.79. The number of benzene rings is 4. The van der Waals surface area contributed by atoms with Crippen LogP contribution < -0.4 is 11.1 Å². The van der Waals surface area contributed by atoms with Crippen molar-refractivity contribution in [3.05, 3.63) is 129 Å². The maximum Gasteiger partial charge on any atom is 0.266 e. The molecule has 46 heavy (non-hydrogen) atoms. The van der Waals surface area contributed by atoms with E-state index in [1.807, 2.05) is 84.9 Å². The monoisotopic (exact) mass is 646 g/mol. The van der Waals surface area contributed by atoms with Crippen LogP contribution in [0.4, 0.5) is 0 Å². The molecular weight excluding hydrogens is 613 g/mol. The summed E-state index contributed by atoms with van der Waals surface area (Å²) < 4.78 is 3.27. The van der Waals surface area contributed by atoms with Crippen LogP contribution in [0.2, 0.25) is 0 Å². The number of ketones is 1. The smallest absolute Gasteiger partial charge is 0.266 e. The number of carbonyl (C=O) groups excluding carboxylic acids is 1. The van der Waals surface area contributed by atoms with Crippen LogP contribution in [-0.4, -0.2) is 36.4 Å².